The summed E-state index contributed by atoms with van der Waals surface area (Å²) in [4.78, 5) is 8.74. The second kappa shape index (κ2) is 5.87. The molecule has 0 radical (unpaired) electrons. The number of imidazole rings is 1. The predicted molar refractivity (Wildman–Crippen MR) is 84.3 cm³/mol. The molecule has 0 atom stereocenters. The van der Waals surface area contributed by atoms with Gasteiger partial charge in [-0.2, -0.15) is 0 Å². The molecular weight excluding hydrogens is 333 g/mol. The minimum Gasteiger partial charge on any atom is -0.444 e. The van der Waals surface area contributed by atoms with Gasteiger partial charge in [-0.1, -0.05) is 30.1 Å². The molecule has 0 bridgehead atoms. The topological polar surface area (TPSA) is 43.9 Å². The Bertz CT molecular complexity index is 794. The van der Waals surface area contributed by atoms with E-state index in [-0.39, 0.29) is 5.88 Å². The summed E-state index contributed by atoms with van der Waals surface area (Å²) in [6, 6.07) is 3.52. The smallest absolute Gasteiger partial charge is 0.214 e. The van der Waals surface area contributed by atoms with Crippen LogP contribution in [-0.4, -0.2) is 14.5 Å². The zero-order valence-electron chi connectivity index (χ0n) is 11.2. The van der Waals surface area contributed by atoms with Crippen molar-refractivity contribution in [1.82, 2.24) is 14.5 Å². The molecule has 0 spiro atoms. The number of hydrogen-bond donors (Lipinski definition) is 0. The van der Waals surface area contributed by atoms with Crippen LogP contribution in [-0.2, 0) is 18.8 Å². The third-order valence-electron chi connectivity index (χ3n) is 3.23. The van der Waals surface area contributed by atoms with E-state index in [9.17, 15) is 0 Å². The number of nitrogens with zero attached hydrogens (tertiary/aromatic N) is 3. The summed E-state index contributed by atoms with van der Waals surface area (Å²) in [6.07, 6.45) is 2.54. The predicted octanol–water partition coefficient (Wildman–Crippen LogP) is 4.68. The molecular formula is C14H12Cl3N3O. The van der Waals surface area contributed by atoms with Gasteiger partial charge in [-0.3, -0.25) is 0 Å². The molecule has 7 heteroatoms. The second-order valence-corrected chi connectivity index (χ2v) is 5.66. The molecule has 2 aromatic heterocycles. The largest absolute Gasteiger partial charge is 0.444 e. The Balaban J connectivity index is 2.09. The van der Waals surface area contributed by atoms with Crippen LogP contribution in [0.1, 0.15) is 24.4 Å². The van der Waals surface area contributed by atoms with E-state index in [1.807, 2.05) is 11.5 Å². The van der Waals surface area contributed by atoms with Gasteiger partial charge in [-0.05, 0) is 12.1 Å². The number of alkyl halides is 1. The van der Waals surface area contributed by atoms with Crippen LogP contribution in [0.15, 0.2) is 22.7 Å². The Morgan fingerprint density at radius 3 is 2.67 bits per heavy atom. The minimum atomic E-state index is 0.283. The van der Waals surface area contributed by atoms with Crippen molar-refractivity contribution in [3.63, 3.8) is 0 Å². The number of rotatable bonds is 4. The second-order valence-electron chi connectivity index (χ2n) is 4.58. The Kier molecular flexibility index (Phi) is 4.11. The van der Waals surface area contributed by atoms with Crippen molar-refractivity contribution in [3.8, 4) is 0 Å². The molecule has 0 unspecified atom stereocenters. The third kappa shape index (κ3) is 2.76. The highest BCUT2D eigenvalue weighted by Gasteiger charge is 2.14. The molecule has 0 N–H and O–H groups in total. The average molecular weight is 345 g/mol. The van der Waals surface area contributed by atoms with E-state index in [1.165, 1.54) is 0 Å². The molecule has 4 nitrogen and oxygen atoms in total. The van der Waals surface area contributed by atoms with Gasteiger partial charge in [0, 0.05) is 6.42 Å². The molecule has 3 aromatic rings. The average Bonchev–Trinajstić information content (AvgIpc) is 3.05. The van der Waals surface area contributed by atoms with Crippen LogP contribution < -0.4 is 0 Å². The zero-order chi connectivity index (χ0) is 15.0. The molecule has 0 saturated carbocycles. The molecule has 0 aliphatic rings. The molecule has 21 heavy (non-hydrogen) atoms. The summed E-state index contributed by atoms with van der Waals surface area (Å²) in [7, 11) is 0. The van der Waals surface area contributed by atoms with Crippen LogP contribution in [0, 0.1) is 0 Å². The third-order valence-corrected chi connectivity index (χ3v) is 4.19. The minimum absolute atomic E-state index is 0.283. The van der Waals surface area contributed by atoms with E-state index < -0.39 is 0 Å². The monoisotopic (exact) mass is 343 g/mol. The summed E-state index contributed by atoms with van der Waals surface area (Å²) >= 11 is 18.1. The lowest BCUT2D eigenvalue weighted by Gasteiger charge is -2.05. The van der Waals surface area contributed by atoms with Crippen LogP contribution in [0.5, 0.6) is 0 Å². The molecule has 0 aliphatic carbocycles. The summed E-state index contributed by atoms with van der Waals surface area (Å²) < 4.78 is 7.59. The molecule has 110 valence electrons. The van der Waals surface area contributed by atoms with Gasteiger partial charge in [0.05, 0.1) is 33.2 Å². The van der Waals surface area contributed by atoms with Gasteiger partial charge in [-0.15, -0.1) is 11.6 Å². The molecule has 0 saturated heterocycles. The number of aryl methyl sites for hydroxylation is 1. The van der Waals surface area contributed by atoms with Crippen LogP contribution in [0.25, 0.3) is 11.0 Å². The van der Waals surface area contributed by atoms with Crippen molar-refractivity contribution in [1.29, 1.82) is 0 Å². The van der Waals surface area contributed by atoms with Crippen LogP contribution >= 0.6 is 34.8 Å². The Hall–Kier alpha value is -1.23. The molecule has 0 fully saturated rings. The SMILES string of the molecule is CCc1cnc(Cn2c(CCl)nc3cc(Cl)c(Cl)cc32)o1. The van der Waals surface area contributed by atoms with Crippen molar-refractivity contribution >= 4 is 45.8 Å². The maximum absolute atomic E-state index is 6.10. The van der Waals surface area contributed by atoms with Gasteiger partial charge < -0.3 is 8.98 Å². The highest BCUT2D eigenvalue weighted by Crippen LogP contribution is 2.29. The van der Waals surface area contributed by atoms with Crippen LogP contribution in [0.4, 0.5) is 0 Å². The highest BCUT2D eigenvalue weighted by molar-refractivity contribution is 6.42. The summed E-state index contributed by atoms with van der Waals surface area (Å²) in [6.45, 7) is 2.47. The maximum Gasteiger partial charge on any atom is 0.214 e. The van der Waals surface area contributed by atoms with Gasteiger partial charge >= 0.3 is 0 Å². The normalized spacial score (nSPS) is 11.4. The van der Waals surface area contributed by atoms with E-state index in [4.69, 9.17) is 39.2 Å². The first-order valence-electron chi connectivity index (χ1n) is 6.46. The molecule has 2 heterocycles. The Morgan fingerprint density at radius 1 is 1.24 bits per heavy atom. The maximum atomic E-state index is 6.10. The van der Waals surface area contributed by atoms with Gasteiger partial charge in [0.25, 0.3) is 0 Å². The summed E-state index contributed by atoms with van der Waals surface area (Å²) in [5, 5.41) is 0.951. The summed E-state index contributed by atoms with van der Waals surface area (Å²) in [5.74, 6) is 2.47. The zero-order valence-corrected chi connectivity index (χ0v) is 13.5. The van der Waals surface area contributed by atoms with E-state index in [0.717, 1.165) is 29.0 Å². The molecule has 1 aromatic carbocycles. The molecule has 3 rings (SSSR count). The first-order chi connectivity index (χ1) is 10.1. The Morgan fingerprint density at radius 2 is 2.00 bits per heavy atom. The van der Waals surface area contributed by atoms with Crippen molar-refractivity contribution in [3.05, 3.63) is 45.9 Å². The standard InChI is InChI=1S/C14H12Cl3N3O/c1-2-8-6-18-14(21-8)7-20-12-4-10(17)9(16)3-11(12)19-13(20)5-15/h3-4,6H,2,5,7H2,1H3. The van der Waals surface area contributed by atoms with E-state index in [2.05, 4.69) is 9.97 Å². The lowest BCUT2D eigenvalue weighted by atomic mass is 10.3. The number of aromatic nitrogens is 3. The number of halogens is 3. The van der Waals surface area contributed by atoms with Crippen molar-refractivity contribution in [2.75, 3.05) is 0 Å². The van der Waals surface area contributed by atoms with Crippen molar-refractivity contribution < 1.29 is 4.42 Å². The van der Waals surface area contributed by atoms with Gasteiger partial charge in [-0.25, -0.2) is 9.97 Å². The number of fused-ring (bicyclic) bond motifs is 1. The van der Waals surface area contributed by atoms with Crippen LogP contribution in [0.3, 0.4) is 0 Å². The van der Waals surface area contributed by atoms with E-state index in [1.54, 1.807) is 18.3 Å². The van der Waals surface area contributed by atoms with Gasteiger partial charge in [0.15, 0.2) is 0 Å². The van der Waals surface area contributed by atoms with E-state index >= 15 is 0 Å². The van der Waals surface area contributed by atoms with E-state index in [0.29, 0.717) is 22.5 Å². The van der Waals surface area contributed by atoms with Crippen molar-refractivity contribution in [2.24, 2.45) is 0 Å². The Labute approximate surface area is 136 Å². The lowest BCUT2D eigenvalue weighted by molar-refractivity contribution is 0.446. The van der Waals surface area contributed by atoms with Crippen LogP contribution in [0.2, 0.25) is 10.0 Å². The lowest BCUT2D eigenvalue weighted by Crippen LogP contribution is -2.04. The summed E-state index contributed by atoms with van der Waals surface area (Å²) in [5.41, 5.74) is 1.61. The van der Waals surface area contributed by atoms with Gasteiger partial charge in [0.2, 0.25) is 5.89 Å². The highest BCUT2D eigenvalue weighted by atomic mass is 35.5. The molecule has 0 aliphatic heterocycles. The first kappa shape index (κ1) is 14.7. The quantitative estimate of drug-likeness (QED) is 0.645. The fraction of sp³-hybridized carbons (Fsp3) is 0.286. The molecule has 0 amide bonds. The van der Waals surface area contributed by atoms with Crippen molar-refractivity contribution in [2.45, 2.75) is 25.8 Å². The number of benzene rings is 1. The first-order valence-corrected chi connectivity index (χ1v) is 7.75. The fourth-order valence-electron chi connectivity index (χ4n) is 2.17. The van der Waals surface area contributed by atoms with Gasteiger partial charge in [0.1, 0.15) is 18.1 Å². The number of oxazole rings is 1. The number of hydrogen-bond acceptors (Lipinski definition) is 3. The fourth-order valence-corrected chi connectivity index (χ4v) is 2.69.